The van der Waals surface area contributed by atoms with Crippen LogP contribution >= 0.6 is 0 Å². The number of hydrogen-bond acceptors (Lipinski definition) is 8. The molecule has 0 spiro atoms. The molecule has 0 saturated carbocycles. The summed E-state index contributed by atoms with van der Waals surface area (Å²) in [6.07, 6.45) is 1.70. The van der Waals surface area contributed by atoms with Gasteiger partial charge in [0.2, 0.25) is 0 Å². The number of aromatic nitrogens is 2. The Morgan fingerprint density at radius 2 is 0.950 bits per heavy atom. The first-order chi connectivity index (χ1) is 19.9. The van der Waals surface area contributed by atoms with Crippen LogP contribution in [0, 0.1) is 0 Å². The Kier molecular flexibility index (Phi) is 12.6. The molecule has 4 aromatic rings. The summed E-state index contributed by atoms with van der Waals surface area (Å²) in [5.41, 5.74) is 0.970. The number of benzene rings is 3. The molecule has 40 heavy (non-hydrogen) atoms. The van der Waals surface area contributed by atoms with E-state index in [0.29, 0.717) is 45.5 Å². The van der Waals surface area contributed by atoms with Crippen LogP contribution in [0.15, 0.2) is 97.1 Å². The number of rotatable bonds is 19. The SMILES string of the molecule is c1ccc(OCCOCCCNc2cc(NCCCOCCOc3ccccc3)nc(-c3ccccc3)n2)cc1. The molecule has 8 heteroatoms. The third-order valence-corrected chi connectivity index (χ3v) is 5.78. The fourth-order valence-corrected chi connectivity index (χ4v) is 3.80. The molecular formula is C32H38N4O4. The Morgan fingerprint density at radius 1 is 0.500 bits per heavy atom. The Balaban J connectivity index is 1.15. The molecule has 0 radical (unpaired) electrons. The van der Waals surface area contributed by atoms with E-state index in [-0.39, 0.29) is 0 Å². The average molecular weight is 543 g/mol. The number of nitrogens with zero attached hydrogens (tertiary/aromatic N) is 2. The molecule has 1 aromatic heterocycles. The van der Waals surface area contributed by atoms with Crippen LogP contribution in [0.5, 0.6) is 11.5 Å². The van der Waals surface area contributed by atoms with Crippen molar-refractivity contribution in [2.75, 3.05) is 63.4 Å². The van der Waals surface area contributed by atoms with Crippen LogP contribution in [-0.4, -0.2) is 62.7 Å². The maximum Gasteiger partial charge on any atom is 0.163 e. The van der Waals surface area contributed by atoms with Gasteiger partial charge in [0, 0.05) is 37.9 Å². The van der Waals surface area contributed by atoms with Gasteiger partial charge in [-0.2, -0.15) is 0 Å². The minimum Gasteiger partial charge on any atom is -0.491 e. The van der Waals surface area contributed by atoms with Crippen LogP contribution < -0.4 is 20.1 Å². The molecule has 2 N–H and O–H groups in total. The maximum absolute atomic E-state index is 5.70. The van der Waals surface area contributed by atoms with Gasteiger partial charge in [0.15, 0.2) is 5.82 Å². The van der Waals surface area contributed by atoms with Gasteiger partial charge in [-0.1, -0.05) is 66.7 Å². The van der Waals surface area contributed by atoms with E-state index < -0.39 is 0 Å². The van der Waals surface area contributed by atoms with Crippen LogP contribution in [0.3, 0.4) is 0 Å². The van der Waals surface area contributed by atoms with E-state index in [1.807, 2.05) is 97.1 Å². The minimum absolute atomic E-state index is 0.533. The van der Waals surface area contributed by atoms with Crippen LogP contribution in [0.1, 0.15) is 12.8 Å². The summed E-state index contributed by atoms with van der Waals surface area (Å²) in [4.78, 5) is 9.45. The van der Waals surface area contributed by atoms with E-state index >= 15 is 0 Å². The summed E-state index contributed by atoms with van der Waals surface area (Å²) in [6, 6.07) is 31.5. The van der Waals surface area contributed by atoms with E-state index in [1.165, 1.54) is 0 Å². The summed E-state index contributed by atoms with van der Waals surface area (Å²) in [5, 5.41) is 6.82. The molecule has 0 fully saturated rings. The largest absolute Gasteiger partial charge is 0.491 e. The molecule has 0 atom stereocenters. The molecule has 8 nitrogen and oxygen atoms in total. The van der Waals surface area contributed by atoms with Crippen LogP contribution in [0.2, 0.25) is 0 Å². The van der Waals surface area contributed by atoms with Crippen molar-refractivity contribution in [1.82, 2.24) is 9.97 Å². The van der Waals surface area contributed by atoms with Gasteiger partial charge >= 0.3 is 0 Å². The smallest absolute Gasteiger partial charge is 0.163 e. The van der Waals surface area contributed by atoms with Gasteiger partial charge in [-0.15, -0.1) is 0 Å². The lowest BCUT2D eigenvalue weighted by Crippen LogP contribution is -2.13. The third kappa shape index (κ3) is 10.9. The topological polar surface area (TPSA) is 86.8 Å². The van der Waals surface area contributed by atoms with Gasteiger partial charge in [0.1, 0.15) is 36.3 Å². The molecule has 0 unspecified atom stereocenters. The second-order valence-electron chi connectivity index (χ2n) is 8.94. The fraction of sp³-hybridized carbons (Fsp3) is 0.312. The monoisotopic (exact) mass is 542 g/mol. The molecule has 0 saturated heterocycles. The number of para-hydroxylation sites is 2. The van der Waals surface area contributed by atoms with Gasteiger partial charge in [-0.25, -0.2) is 9.97 Å². The lowest BCUT2D eigenvalue weighted by molar-refractivity contribution is 0.0999. The van der Waals surface area contributed by atoms with Crippen molar-refractivity contribution in [3.63, 3.8) is 0 Å². The van der Waals surface area contributed by atoms with Crippen molar-refractivity contribution in [2.45, 2.75) is 12.8 Å². The molecule has 0 bridgehead atoms. The third-order valence-electron chi connectivity index (χ3n) is 5.78. The standard InChI is InChI=1S/C32H38N4O4/c1-4-12-27(13-5-1)32-35-30(33-18-10-20-37-22-24-39-28-14-6-2-7-15-28)26-31(36-32)34-19-11-21-38-23-25-40-29-16-8-3-9-17-29/h1-9,12-17,26H,10-11,18-25H2,(H2,33,34,35,36). The van der Waals surface area contributed by atoms with Crippen molar-refractivity contribution in [3.8, 4) is 22.9 Å². The quantitative estimate of drug-likeness (QED) is 0.141. The molecule has 210 valence electrons. The Bertz CT molecular complexity index is 1140. The zero-order chi connectivity index (χ0) is 27.5. The molecule has 0 aliphatic rings. The minimum atomic E-state index is 0.533. The molecule has 0 aliphatic heterocycles. The Morgan fingerprint density at radius 3 is 1.43 bits per heavy atom. The molecular weight excluding hydrogens is 504 g/mol. The van der Waals surface area contributed by atoms with E-state index in [4.69, 9.17) is 28.9 Å². The number of hydrogen-bond donors (Lipinski definition) is 2. The first-order valence-corrected chi connectivity index (χ1v) is 13.8. The number of nitrogens with one attached hydrogen (secondary N) is 2. The normalized spacial score (nSPS) is 10.7. The predicted molar refractivity (Wildman–Crippen MR) is 159 cm³/mol. The maximum atomic E-state index is 5.70. The van der Waals surface area contributed by atoms with Crippen molar-refractivity contribution >= 4 is 11.6 Å². The highest BCUT2D eigenvalue weighted by Gasteiger charge is 2.07. The van der Waals surface area contributed by atoms with Crippen molar-refractivity contribution in [3.05, 3.63) is 97.1 Å². The van der Waals surface area contributed by atoms with Gasteiger partial charge in [0.25, 0.3) is 0 Å². The van der Waals surface area contributed by atoms with Crippen LogP contribution in [-0.2, 0) is 9.47 Å². The Hall–Kier alpha value is -4.14. The highest BCUT2D eigenvalue weighted by molar-refractivity contribution is 5.61. The van der Waals surface area contributed by atoms with Crippen LogP contribution in [0.25, 0.3) is 11.4 Å². The van der Waals surface area contributed by atoms with E-state index in [2.05, 4.69) is 10.6 Å². The summed E-state index contributed by atoms with van der Waals surface area (Å²) >= 11 is 0. The molecule has 1 heterocycles. The van der Waals surface area contributed by atoms with Crippen molar-refractivity contribution in [2.24, 2.45) is 0 Å². The average Bonchev–Trinajstić information content (AvgIpc) is 3.01. The highest BCUT2D eigenvalue weighted by atomic mass is 16.5. The zero-order valence-electron chi connectivity index (χ0n) is 22.8. The fourth-order valence-electron chi connectivity index (χ4n) is 3.80. The zero-order valence-corrected chi connectivity index (χ0v) is 22.8. The first-order valence-electron chi connectivity index (χ1n) is 13.8. The molecule has 0 aliphatic carbocycles. The van der Waals surface area contributed by atoms with E-state index in [9.17, 15) is 0 Å². The molecule has 3 aromatic carbocycles. The lowest BCUT2D eigenvalue weighted by Gasteiger charge is -2.12. The number of ether oxygens (including phenoxy) is 4. The summed E-state index contributed by atoms with van der Waals surface area (Å²) < 4.78 is 22.7. The molecule has 0 amide bonds. The second-order valence-corrected chi connectivity index (χ2v) is 8.94. The Labute approximate surface area is 236 Å². The summed E-state index contributed by atoms with van der Waals surface area (Å²) in [7, 11) is 0. The van der Waals surface area contributed by atoms with Crippen molar-refractivity contribution in [1.29, 1.82) is 0 Å². The highest BCUT2D eigenvalue weighted by Crippen LogP contribution is 2.20. The summed E-state index contributed by atoms with van der Waals surface area (Å²) in [6.45, 7) is 4.94. The van der Waals surface area contributed by atoms with Gasteiger partial charge in [-0.05, 0) is 37.1 Å². The van der Waals surface area contributed by atoms with Crippen molar-refractivity contribution < 1.29 is 18.9 Å². The van der Waals surface area contributed by atoms with Crippen LogP contribution in [0.4, 0.5) is 11.6 Å². The van der Waals surface area contributed by atoms with E-state index in [0.717, 1.165) is 54.6 Å². The van der Waals surface area contributed by atoms with E-state index in [1.54, 1.807) is 0 Å². The first kappa shape index (κ1) is 28.9. The van der Waals surface area contributed by atoms with Gasteiger partial charge in [0.05, 0.1) is 13.2 Å². The summed E-state index contributed by atoms with van der Waals surface area (Å²) in [5.74, 6) is 3.94. The lowest BCUT2D eigenvalue weighted by atomic mass is 10.2. The predicted octanol–water partition coefficient (Wildman–Crippen LogP) is 5.94. The van der Waals surface area contributed by atoms with Gasteiger partial charge in [-0.3, -0.25) is 0 Å². The second kappa shape index (κ2) is 17.4. The number of anilines is 2. The van der Waals surface area contributed by atoms with Gasteiger partial charge < -0.3 is 29.6 Å². The molecule has 4 rings (SSSR count).